The van der Waals surface area contributed by atoms with Crippen LogP contribution in [0, 0.1) is 0 Å². The van der Waals surface area contributed by atoms with Gasteiger partial charge >= 0.3 is 0 Å². The molecule has 1 aromatic heterocycles. The largest absolute Gasteiger partial charge is 0.395 e. The van der Waals surface area contributed by atoms with E-state index in [0.717, 1.165) is 12.8 Å². The van der Waals surface area contributed by atoms with E-state index >= 15 is 0 Å². The zero-order valence-corrected chi connectivity index (χ0v) is 12.1. The highest BCUT2D eigenvalue weighted by molar-refractivity contribution is 7.89. The van der Waals surface area contributed by atoms with Gasteiger partial charge in [0.1, 0.15) is 0 Å². The smallest absolute Gasteiger partial charge is 0.261 e. The molecule has 0 aliphatic carbocycles. The summed E-state index contributed by atoms with van der Waals surface area (Å²) in [5.41, 5.74) is 0. The SMILES string of the molecule is CCCCN(CCO)S(=O)(=O)c1c(Cl)cnn1C. The van der Waals surface area contributed by atoms with E-state index in [2.05, 4.69) is 5.10 Å². The zero-order valence-electron chi connectivity index (χ0n) is 10.5. The number of aryl methyl sites for hydroxylation is 1. The van der Waals surface area contributed by atoms with E-state index in [9.17, 15) is 8.42 Å². The van der Waals surface area contributed by atoms with Crippen LogP contribution in [0.3, 0.4) is 0 Å². The molecule has 0 atom stereocenters. The van der Waals surface area contributed by atoms with Crippen LogP contribution in [-0.4, -0.2) is 47.3 Å². The van der Waals surface area contributed by atoms with E-state index < -0.39 is 10.0 Å². The topological polar surface area (TPSA) is 75.4 Å². The fourth-order valence-corrected chi connectivity index (χ4v) is 3.68. The Hall–Kier alpha value is -0.630. The summed E-state index contributed by atoms with van der Waals surface area (Å²) in [5, 5.41) is 12.9. The lowest BCUT2D eigenvalue weighted by Crippen LogP contribution is -2.35. The molecule has 0 bridgehead atoms. The average molecular weight is 296 g/mol. The van der Waals surface area contributed by atoms with Gasteiger partial charge in [-0.05, 0) is 6.42 Å². The first kappa shape index (κ1) is 15.4. The van der Waals surface area contributed by atoms with Crippen LogP contribution in [0.5, 0.6) is 0 Å². The lowest BCUT2D eigenvalue weighted by Gasteiger charge is -2.21. The molecular formula is C10H18ClN3O3S. The van der Waals surface area contributed by atoms with Gasteiger partial charge < -0.3 is 5.11 Å². The first-order chi connectivity index (χ1) is 8.45. The third-order valence-corrected chi connectivity index (χ3v) is 4.94. The molecular weight excluding hydrogens is 278 g/mol. The molecule has 0 spiro atoms. The molecule has 104 valence electrons. The maximum atomic E-state index is 12.4. The van der Waals surface area contributed by atoms with E-state index in [1.807, 2.05) is 6.92 Å². The van der Waals surface area contributed by atoms with E-state index in [0.29, 0.717) is 6.54 Å². The highest BCUT2D eigenvalue weighted by Crippen LogP contribution is 2.23. The van der Waals surface area contributed by atoms with Crippen LogP contribution in [0.15, 0.2) is 11.2 Å². The minimum absolute atomic E-state index is 0.0336. The number of hydrogen-bond acceptors (Lipinski definition) is 4. The lowest BCUT2D eigenvalue weighted by molar-refractivity contribution is 0.251. The van der Waals surface area contributed by atoms with Crippen molar-refractivity contribution < 1.29 is 13.5 Å². The predicted octanol–water partition coefficient (Wildman–Crippen LogP) is 0.857. The summed E-state index contributed by atoms with van der Waals surface area (Å²) in [6.45, 7) is 2.17. The molecule has 0 saturated carbocycles. The van der Waals surface area contributed by atoms with Crippen LogP contribution in [0.4, 0.5) is 0 Å². The highest BCUT2D eigenvalue weighted by Gasteiger charge is 2.29. The van der Waals surface area contributed by atoms with Gasteiger partial charge in [0.05, 0.1) is 17.8 Å². The van der Waals surface area contributed by atoms with E-state index in [1.165, 1.54) is 22.2 Å². The molecule has 0 aliphatic heterocycles. The maximum Gasteiger partial charge on any atom is 0.261 e. The number of aromatic nitrogens is 2. The van der Waals surface area contributed by atoms with Crippen LogP contribution < -0.4 is 0 Å². The lowest BCUT2D eigenvalue weighted by atomic mass is 10.3. The Morgan fingerprint density at radius 3 is 2.61 bits per heavy atom. The summed E-state index contributed by atoms with van der Waals surface area (Å²) in [4.78, 5) is 0. The van der Waals surface area contributed by atoms with Gasteiger partial charge in [-0.25, -0.2) is 8.42 Å². The average Bonchev–Trinajstić information content (AvgIpc) is 2.64. The maximum absolute atomic E-state index is 12.4. The van der Waals surface area contributed by atoms with Gasteiger partial charge in [0, 0.05) is 20.1 Å². The normalized spacial score (nSPS) is 12.3. The molecule has 1 rings (SSSR count). The third-order valence-electron chi connectivity index (χ3n) is 2.54. The van der Waals surface area contributed by atoms with Crippen molar-refractivity contribution in [2.75, 3.05) is 19.7 Å². The molecule has 0 amide bonds. The molecule has 8 heteroatoms. The van der Waals surface area contributed by atoms with Gasteiger partial charge in [-0.15, -0.1) is 0 Å². The van der Waals surface area contributed by atoms with Crippen LogP contribution in [0.2, 0.25) is 5.02 Å². The second kappa shape index (κ2) is 6.51. The number of aliphatic hydroxyl groups is 1. The second-order valence-electron chi connectivity index (χ2n) is 3.90. The van der Waals surface area contributed by atoms with Gasteiger partial charge in [0.15, 0.2) is 5.03 Å². The number of hydrogen-bond donors (Lipinski definition) is 1. The summed E-state index contributed by atoms with van der Waals surface area (Å²) < 4.78 is 27.3. The van der Waals surface area contributed by atoms with E-state index in [4.69, 9.17) is 16.7 Å². The number of sulfonamides is 1. The molecule has 0 fully saturated rings. The molecule has 18 heavy (non-hydrogen) atoms. The van der Waals surface area contributed by atoms with E-state index in [-0.39, 0.29) is 23.2 Å². The summed E-state index contributed by atoms with van der Waals surface area (Å²) in [6.07, 6.45) is 2.90. The Morgan fingerprint density at radius 2 is 2.17 bits per heavy atom. The number of unbranched alkanes of at least 4 members (excludes halogenated alkanes) is 1. The highest BCUT2D eigenvalue weighted by atomic mass is 35.5. The van der Waals surface area contributed by atoms with Crippen molar-refractivity contribution in [1.29, 1.82) is 0 Å². The first-order valence-corrected chi connectivity index (χ1v) is 7.55. The molecule has 1 aromatic rings. The van der Waals surface area contributed by atoms with Crippen molar-refractivity contribution in [3.8, 4) is 0 Å². The number of aliphatic hydroxyl groups excluding tert-OH is 1. The van der Waals surface area contributed by atoms with Gasteiger partial charge in [-0.1, -0.05) is 24.9 Å². The van der Waals surface area contributed by atoms with Crippen molar-refractivity contribution in [3.63, 3.8) is 0 Å². The Morgan fingerprint density at radius 1 is 1.50 bits per heavy atom. The molecule has 0 saturated heterocycles. The first-order valence-electron chi connectivity index (χ1n) is 5.73. The molecule has 0 radical (unpaired) electrons. The van der Waals surface area contributed by atoms with Crippen LogP contribution >= 0.6 is 11.6 Å². The quantitative estimate of drug-likeness (QED) is 0.809. The molecule has 1 heterocycles. The molecule has 0 aromatic carbocycles. The van der Waals surface area contributed by atoms with Gasteiger partial charge in [0.2, 0.25) is 0 Å². The summed E-state index contributed by atoms with van der Waals surface area (Å²) in [5.74, 6) is 0. The molecule has 0 unspecified atom stereocenters. The van der Waals surface area contributed by atoms with E-state index in [1.54, 1.807) is 0 Å². The number of nitrogens with zero attached hydrogens (tertiary/aromatic N) is 3. The van der Waals surface area contributed by atoms with Crippen molar-refractivity contribution in [3.05, 3.63) is 11.2 Å². The minimum atomic E-state index is -3.71. The van der Waals surface area contributed by atoms with Gasteiger partial charge in [-0.3, -0.25) is 4.68 Å². The van der Waals surface area contributed by atoms with Crippen LogP contribution in [0.1, 0.15) is 19.8 Å². The van der Waals surface area contributed by atoms with Crippen molar-refractivity contribution in [2.45, 2.75) is 24.8 Å². The van der Waals surface area contributed by atoms with Gasteiger partial charge in [0.25, 0.3) is 10.0 Å². The third kappa shape index (κ3) is 3.23. The molecule has 6 nitrogen and oxygen atoms in total. The van der Waals surface area contributed by atoms with Gasteiger partial charge in [-0.2, -0.15) is 9.40 Å². The molecule has 0 aliphatic rings. The fraction of sp³-hybridized carbons (Fsp3) is 0.700. The van der Waals surface area contributed by atoms with Crippen molar-refractivity contribution in [2.24, 2.45) is 7.05 Å². The van der Waals surface area contributed by atoms with Crippen molar-refractivity contribution in [1.82, 2.24) is 14.1 Å². The molecule has 1 N–H and O–H groups in total. The Balaban J connectivity index is 3.09. The monoisotopic (exact) mass is 295 g/mol. The van der Waals surface area contributed by atoms with Crippen LogP contribution in [0.25, 0.3) is 0 Å². The predicted molar refractivity (Wildman–Crippen MR) is 69.0 cm³/mol. The number of rotatable bonds is 7. The van der Waals surface area contributed by atoms with Crippen molar-refractivity contribution >= 4 is 21.6 Å². The van der Waals surface area contributed by atoms with Crippen LogP contribution in [-0.2, 0) is 17.1 Å². The fourth-order valence-electron chi connectivity index (χ4n) is 1.61. The summed E-state index contributed by atoms with van der Waals surface area (Å²) >= 11 is 5.86. The standard InChI is InChI=1S/C10H18ClN3O3S/c1-3-4-5-14(6-7-15)18(16,17)10-9(11)8-12-13(10)2/h8,15H,3-7H2,1-2H3. The summed E-state index contributed by atoms with van der Waals surface area (Å²) in [7, 11) is -2.19. The Kier molecular flexibility index (Phi) is 5.58. The Bertz CT molecular complexity index is 467. The second-order valence-corrected chi connectivity index (χ2v) is 6.16. The Labute approximate surface area is 112 Å². The minimum Gasteiger partial charge on any atom is -0.395 e. The summed E-state index contributed by atoms with van der Waals surface area (Å²) in [6, 6.07) is 0. The zero-order chi connectivity index (χ0) is 13.8. The number of halogens is 1.